The van der Waals surface area contributed by atoms with Crippen LogP contribution >= 0.6 is 15.9 Å². The first-order valence-corrected chi connectivity index (χ1v) is 7.31. The van der Waals surface area contributed by atoms with Crippen molar-refractivity contribution in [2.45, 2.75) is 20.0 Å². The molecule has 0 heterocycles. The molecule has 0 radical (unpaired) electrons. The van der Waals surface area contributed by atoms with Crippen LogP contribution in [0.5, 0.6) is 5.75 Å². The Kier molecular flexibility index (Phi) is 4.71. The molecule has 21 heavy (non-hydrogen) atoms. The Labute approximate surface area is 132 Å². The quantitative estimate of drug-likeness (QED) is 0.803. The number of nitriles is 1. The van der Waals surface area contributed by atoms with Gasteiger partial charge < -0.3 is 15.8 Å². The molecule has 0 atom stereocenters. The lowest BCUT2D eigenvalue weighted by atomic mass is 10.2. The lowest BCUT2D eigenvalue weighted by molar-refractivity contribution is 0.244. The first-order valence-electron chi connectivity index (χ1n) is 6.52. The van der Waals surface area contributed by atoms with Crippen LogP contribution in [0.15, 0.2) is 40.9 Å². The van der Waals surface area contributed by atoms with Crippen molar-refractivity contribution in [3.8, 4) is 11.8 Å². The number of nitrogens with one attached hydrogen (secondary N) is 1. The van der Waals surface area contributed by atoms with E-state index in [1.54, 1.807) is 12.1 Å². The van der Waals surface area contributed by atoms with E-state index < -0.39 is 0 Å². The minimum absolute atomic E-state index is 0.0445. The van der Waals surface area contributed by atoms with Gasteiger partial charge in [0.15, 0.2) is 0 Å². The maximum absolute atomic E-state index is 9.16. The molecule has 0 aliphatic rings. The Bertz CT molecular complexity index is 692. The third-order valence-electron chi connectivity index (χ3n) is 2.76. The lowest BCUT2D eigenvalue weighted by Crippen LogP contribution is -2.07. The Balaban J connectivity index is 2.32. The van der Waals surface area contributed by atoms with Crippen LogP contribution in [0.3, 0.4) is 0 Å². The standard InChI is InChI=1S/C16H16BrN3O/c1-10(2)21-16-8-13(5-6-14(16)19)20-15-7-12(17)4-3-11(15)9-18/h3-8,10,20H,19H2,1-2H3. The van der Waals surface area contributed by atoms with Crippen molar-refractivity contribution < 1.29 is 4.74 Å². The highest BCUT2D eigenvalue weighted by Crippen LogP contribution is 2.30. The minimum atomic E-state index is 0.0445. The molecule has 0 aromatic heterocycles. The highest BCUT2D eigenvalue weighted by Gasteiger charge is 2.07. The minimum Gasteiger partial charge on any atom is -0.489 e. The number of hydrogen-bond acceptors (Lipinski definition) is 4. The summed E-state index contributed by atoms with van der Waals surface area (Å²) < 4.78 is 6.57. The van der Waals surface area contributed by atoms with Gasteiger partial charge in [-0.3, -0.25) is 0 Å². The third-order valence-corrected chi connectivity index (χ3v) is 3.25. The molecule has 0 fully saturated rings. The Morgan fingerprint density at radius 1 is 1.24 bits per heavy atom. The monoisotopic (exact) mass is 345 g/mol. The van der Waals surface area contributed by atoms with E-state index in [2.05, 4.69) is 27.3 Å². The summed E-state index contributed by atoms with van der Waals surface area (Å²) in [7, 11) is 0. The van der Waals surface area contributed by atoms with Gasteiger partial charge in [0.2, 0.25) is 0 Å². The van der Waals surface area contributed by atoms with Crippen molar-refractivity contribution in [3.63, 3.8) is 0 Å². The summed E-state index contributed by atoms with van der Waals surface area (Å²) in [5.74, 6) is 0.628. The van der Waals surface area contributed by atoms with Gasteiger partial charge in [-0.05, 0) is 44.2 Å². The molecule has 0 bridgehead atoms. The number of benzene rings is 2. The summed E-state index contributed by atoms with van der Waals surface area (Å²) in [6.07, 6.45) is 0.0445. The number of nitrogens with zero attached hydrogens (tertiary/aromatic N) is 1. The number of anilines is 3. The molecule has 0 spiro atoms. The predicted octanol–water partition coefficient (Wildman–Crippen LogP) is 4.43. The summed E-state index contributed by atoms with van der Waals surface area (Å²) in [4.78, 5) is 0. The van der Waals surface area contributed by atoms with Crippen molar-refractivity contribution in [2.24, 2.45) is 0 Å². The van der Waals surface area contributed by atoms with Gasteiger partial charge in [-0.2, -0.15) is 5.26 Å². The Morgan fingerprint density at radius 3 is 2.67 bits per heavy atom. The second-order valence-electron chi connectivity index (χ2n) is 4.85. The van der Waals surface area contributed by atoms with Gasteiger partial charge in [-0.25, -0.2) is 0 Å². The van der Waals surface area contributed by atoms with E-state index in [1.165, 1.54) is 0 Å². The molecular formula is C16H16BrN3O. The molecule has 0 aliphatic carbocycles. The molecule has 5 heteroatoms. The van der Waals surface area contributed by atoms with E-state index >= 15 is 0 Å². The van der Waals surface area contributed by atoms with Crippen molar-refractivity contribution in [3.05, 3.63) is 46.4 Å². The fourth-order valence-corrected chi connectivity index (χ4v) is 2.20. The molecule has 0 amide bonds. The van der Waals surface area contributed by atoms with E-state index in [0.717, 1.165) is 15.8 Å². The highest BCUT2D eigenvalue weighted by atomic mass is 79.9. The predicted molar refractivity (Wildman–Crippen MR) is 88.8 cm³/mol. The van der Waals surface area contributed by atoms with Gasteiger partial charge in [-0.1, -0.05) is 15.9 Å². The van der Waals surface area contributed by atoms with Crippen LogP contribution in [0.25, 0.3) is 0 Å². The topological polar surface area (TPSA) is 71.1 Å². The van der Waals surface area contributed by atoms with Gasteiger partial charge >= 0.3 is 0 Å². The second-order valence-corrected chi connectivity index (χ2v) is 5.76. The molecule has 4 nitrogen and oxygen atoms in total. The van der Waals surface area contributed by atoms with Crippen LogP contribution in [0, 0.1) is 11.3 Å². The zero-order valence-electron chi connectivity index (χ0n) is 11.9. The highest BCUT2D eigenvalue weighted by molar-refractivity contribution is 9.10. The molecule has 0 saturated carbocycles. The van der Waals surface area contributed by atoms with Gasteiger partial charge in [0.25, 0.3) is 0 Å². The summed E-state index contributed by atoms with van der Waals surface area (Å²) >= 11 is 3.40. The summed E-state index contributed by atoms with van der Waals surface area (Å²) in [5.41, 5.74) is 8.60. The maximum atomic E-state index is 9.16. The molecule has 108 valence electrons. The van der Waals surface area contributed by atoms with E-state index in [9.17, 15) is 0 Å². The molecule has 2 aromatic rings. The third kappa shape index (κ3) is 3.89. The van der Waals surface area contributed by atoms with Crippen LogP contribution in [-0.4, -0.2) is 6.10 Å². The number of nitrogens with two attached hydrogens (primary N) is 1. The van der Waals surface area contributed by atoms with Crippen LogP contribution in [-0.2, 0) is 0 Å². The average molecular weight is 346 g/mol. The van der Waals surface area contributed by atoms with Gasteiger partial charge in [0, 0.05) is 16.2 Å². The lowest BCUT2D eigenvalue weighted by Gasteiger charge is -2.15. The summed E-state index contributed by atoms with van der Waals surface area (Å²) in [6, 6.07) is 13.1. The fraction of sp³-hybridized carbons (Fsp3) is 0.188. The average Bonchev–Trinajstić information content (AvgIpc) is 2.42. The van der Waals surface area contributed by atoms with Crippen molar-refractivity contribution >= 4 is 33.0 Å². The fourth-order valence-electron chi connectivity index (χ4n) is 1.84. The number of nitrogen functional groups attached to an aromatic ring is 1. The first-order chi connectivity index (χ1) is 9.99. The smallest absolute Gasteiger partial charge is 0.144 e. The molecule has 0 saturated heterocycles. The maximum Gasteiger partial charge on any atom is 0.144 e. The number of ether oxygens (including phenoxy) is 1. The zero-order chi connectivity index (χ0) is 15.4. The first kappa shape index (κ1) is 15.2. The van der Waals surface area contributed by atoms with Crippen LogP contribution in [0.4, 0.5) is 17.1 Å². The normalized spacial score (nSPS) is 10.2. The van der Waals surface area contributed by atoms with Crippen LogP contribution in [0.2, 0.25) is 0 Å². The molecule has 2 rings (SSSR count). The van der Waals surface area contributed by atoms with Crippen LogP contribution in [0.1, 0.15) is 19.4 Å². The Morgan fingerprint density at radius 2 is 2.00 bits per heavy atom. The van der Waals surface area contributed by atoms with Crippen molar-refractivity contribution in [1.82, 2.24) is 0 Å². The number of halogens is 1. The second kappa shape index (κ2) is 6.51. The van der Waals surface area contributed by atoms with E-state index in [-0.39, 0.29) is 6.10 Å². The van der Waals surface area contributed by atoms with E-state index in [0.29, 0.717) is 17.0 Å². The van der Waals surface area contributed by atoms with Crippen molar-refractivity contribution in [2.75, 3.05) is 11.1 Å². The molecular weight excluding hydrogens is 330 g/mol. The SMILES string of the molecule is CC(C)Oc1cc(Nc2cc(Br)ccc2C#N)ccc1N. The van der Waals surface area contributed by atoms with Crippen molar-refractivity contribution in [1.29, 1.82) is 5.26 Å². The number of hydrogen-bond donors (Lipinski definition) is 2. The molecule has 2 aromatic carbocycles. The van der Waals surface area contributed by atoms with Gasteiger partial charge in [-0.15, -0.1) is 0 Å². The molecule has 0 aliphatic heterocycles. The molecule has 3 N–H and O–H groups in total. The zero-order valence-corrected chi connectivity index (χ0v) is 13.4. The summed E-state index contributed by atoms with van der Waals surface area (Å²) in [6.45, 7) is 3.89. The van der Waals surface area contributed by atoms with Gasteiger partial charge in [0.05, 0.1) is 23.0 Å². The summed E-state index contributed by atoms with van der Waals surface area (Å²) in [5, 5.41) is 12.4. The van der Waals surface area contributed by atoms with Crippen LogP contribution < -0.4 is 15.8 Å². The number of rotatable bonds is 4. The van der Waals surface area contributed by atoms with Gasteiger partial charge in [0.1, 0.15) is 11.8 Å². The molecule has 0 unspecified atom stereocenters. The Hall–Kier alpha value is -2.19. The van der Waals surface area contributed by atoms with E-state index in [4.69, 9.17) is 15.7 Å². The van der Waals surface area contributed by atoms with E-state index in [1.807, 2.05) is 38.1 Å². The largest absolute Gasteiger partial charge is 0.489 e.